The van der Waals surface area contributed by atoms with Crippen LogP contribution in [0.2, 0.25) is 0 Å². The maximum atomic E-state index is 12.6. The highest BCUT2D eigenvalue weighted by Crippen LogP contribution is 2.22. The van der Waals surface area contributed by atoms with Crippen molar-refractivity contribution in [2.75, 3.05) is 26.7 Å². The first-order chi connectivity index (χ1) is 10.1. The Morgan fingerprint density at radius 2 is 1.82 bits per heavy atom. The Kier molecular flexibility index (Phi) is 7.62. The molecule has 0 radical (unpaired) electrons. The fraction of sp³-hybridized carbons (Fsp3) is 0.600. The van der Waals surface area contributed by atoms with Crippen molar-refractivity contribution < 1.29 is 13.2 Å². The minimum absolute atomic E-state index is 0. The Balaban J connectivity index is 0.00000242. The third-order valence-electron chi connectivity index (χ3n) is 3.80. The molecule has 0 aliphatic carbocycles. The highest BCUT2D eigenvalue weighted by atomic mass is 35.5. The summed E-state index contributed by atoms with van der Waals surface area (Å²) in [5.74, 6) is 0.713. The lowest BCUT2D eigenvalue weighted by Crippen LogP contribution is -2.43. The van der Waals surface area contributed by atoms with Crippen molar-refractivity contribution >= 4 is 22.4 Å². The maximum absolute atomic E-state index is 12.6. The number of hydrogen-bond donors (Lipinski definition) is 1. The summed E-state index contributed by atoms with van der Waals surface area (Å²) in [6, 6.07) is 7.13. The predicted molar refractivity (Wildman–Crippen MR) is 90.3 cm³/mol. The zero-order valence-electron chi connectivity index (χ0n) is 13.1. The van der Waals surface area contributed by atoms with Crippen LogP contribution in [0.5, 0.6) is 5.75 Å². The van der Waals surface area contributed by atoms with Crippen LogP contribution in [0, 0.1) is 0 Å². The number of rotatable bonds is 6. The van der Waals surface area contributed by atoms with E-state index < -0.39 is 10.0 Å². The molecule has 126 valence electrons. The third kappa shape index (κ3) is 4.59. The van der Waals surface area contributed by atoms with E-state index in [0.717, 1.165) is 19.3 Å². The van der Waals surface area contributed by atoms with Crippen molar-refractivity contribution in [1.82, 2.24) is 9.62 Å². The van der Waals surface area contributed by atoms with Crippen molar-refractivity contribution in [3.63, 3.8) is 0 Å². The number of nitrogens with one attached hydrogen (secondary N) is 1. The average molecular weight is 349 g/mol. The zero-order valence-corrected chi connectivity index (χ0v) is 14.8. The van der Waals surface area contributed by atoms with Crippen molar-refractivity contribution in [3.8, 4) is 5.75 Å². The molecule has 1 heterocycles. The lowest BCUT2D eigenvalue weighted by molar-refractivity contribution is 0.298. The van der Waals surface area contributed by atoms with Gasteiger partial charge in [-0.25, -0.2) is 8.42 Å². The smallest absolute Gasteiger partial charge is 0.243 e. The van der Waals surface area contributed by atoms with Crippen LogP contribution in [0.4, 0.5) is 0 Å². The fourth-order valence-electron chi connectivity index (χ4n) is 2.46. The first-order valence-corrected chi connectivity index (χ1v) is 8.92. The van der Waals surface area contributed by atoms with Gasteiger partial charge >= 0.3 is 0 Å². The first kappa shape index (κ1) is 19.2. The molecule has 0 saturated carbocycles. The van der Waals surface area contributed by atoms with Gasteiger partial charge < -0.3 is 10.1 Å². The summed E-state index contributed by atoms with van der Waals surface area (Å²) in [6.45, 7) is 3.82. The van der Waals surface area contributed by atoms with Gasteiger partial charge in [0, 0.05) is 19.1 Å². The molecule has 0 atom stereocenters. The van der Waals surface area contributed by atoms with Crippen molar-refractivity contribution in [3.05, 3.63) is 24.3 Å². The SMILES string of the molecule is CCCOc1ccc(S(=O)(=O)N2CCC(NC)CC2)cc1.Cl. The van der Waals surface area contributed by atoms with E-state index in [2.05, 4.69) is 5.32 Å². The van der Waals surface area contributed by atoms with Crippen LogP contribution in [-0.4, -0.2) is 45.5 Å². The third-order valence-corrected chi connectivity index (χ3v) is 5.71. The number of nitrogens with zero attached hydrogens (tertiary/aromatic N) is 1. The van der Waals surface area contributed by atoms with Gasteiger partial charge in [0.2, 0.25) is 10.0 Å². The molecule has 0 unspecified atom stereocenters. The van der Waals surface area contributed by atoms with Crippen LogP contribution in [0.15, 0.2) is 29.2 Å². The van der Waals surface area contributed by atoms with E-state index in [1.807, 2.05) is 14.0 Å². The minimum Gasteiger partial charge on any atom is -0.494 e. The van der Waals surface area contributed by atoms with E-state index in [9.17, 15) is 8.42 Å². The molecular weight excluding hydrogens is 324 g/mol. The normalized spacial score (nSPS) is 17.0. The molecular formula is C15H25ClN2O3S. The van der Waals surface area contributed by atoms with Crippen LogP contribution in [-0.2, 0) is 10.0 Å². The number of hydrogen-bond acceptors (Lipinski definition) is 4. The topological polar surface area (TPSA) is 58.6 Å². The molecule has 1 aromatic carbocycles. The average Bonchev–Trinajstić information content (AvgIpc) is 2.53. The Bertz CT molecular complexity index is 540. The van der Waals surface area contributed by atoms with Gasteiger partial charge in [-0.2, -0.15) is 4.31 Å². The van der Waals surface area contributed by atoms with Gasteiger partial charge in [-0.05, 0) is 50.6 Å². The van der Waals surface area contributed by atoms with E-state index >= 15 is 0 Å². The maximum Gasteiger partial charge on any atom is 0.243 e. The van der Waals surface area contributed by atoms with Crippen molar-refractivity contribution in [2.45, 2.75) is 37.1 Å². The molecule has 2 rings (SSSR count). The van der Waals surface area contributed by atoms with Crippen molar-refractivity contribution in [2.24, 2.45) is 0 Å². The number of benzene rings is 1. The molecule has 1 aromatic rings. The highest BCUT2D eigenvalue weighted by Gasteiger charge is 2.28. The van der Waals surface area contributed by atoms with Gasteiger partial charge in [-0.3, -0.25) is 0 Å². The second kappa shape index (κ2) is 8.72. The van der Waals surface area contributed by atoms with Gasteiger partial charge in [-0.15, -0.1) is 12.4 Å². The number of halogens is 1. The van der Waals surface area contributed by atoms with Gasteiger partial charge in [0.05, 0.1) is 11.5 Å². The first-order valence-electron chi connectivity index (χ1n) is 7.48. The molecule has 1 saturated heterocycles. The second-order valence-electron chi connectivity index (χ2n) is 5.29. The van der Waals surface area contributed by atoms with Gasteiger partial charge in [0.25, 0.3) is 0 Å². The van der Waals surface area contributed by atoms with Crippen molar-refractivity contribution in [1.29, 1.82) is 0 Å². The Labute approximate surface area is 139 Å². The lowest BCUT2D eigenvalue weighted by Gasteiger charge is -2.31. The van der Waals surface area contributed by atoms with Crippen LogP contribution < -0.4 is 10.1 Å². The molecule has 0 bridgehead atoms. The number of ether oxygens (including phenoxy) is 1. The summed E-state index contributed by atoms with van der Waals surface area (Å²) >= 11 is 0. The molecule has 0 amide bonds. The van der Waals surface area contributed by atoms with E-state index in [4.69, 9.17) is 4.74 Å². The largest absolute Gasteiger partial charge is 0.494 e. The summed E-state index contributed by atoms with van der Waals surface area (Å²) in [4.78, 5) is 0.342. The minimum atomic E-state index is -3.38. The van der Waals surface area contributed by atoms with Gasteiger partial charge in [-0.1, -0.05) is 6.92 Å². The van der Waals surface area contributed by atoms with Crippen LogP contribution >= 0.6 is 12.4 Å². The molecule has 1 N–H and O–H groups in total. The zero-order chi connectivity index (χ0) is 15.3. The van der Waals surface area contributed by atoms with Crippen LogP contribution in [0.1, 0.15) is 26.2 Å². The number of sulfonamides is 1. The molecule has 22 heavy (non-hydrogen) atoms. The monoisotopic (exact) mass is 348 g/mol. The summed E-state index contributed by atoms with van der Waals surface area (Å²) in [6.07, 6.45) is 2.64. The molecule has 0 spiro atoms. The predicted octanol–water partition coefficient (Wildman–Crippen LogP) is 2.27. The Hall–Kier alpha value is -0.820. The molecule has 1 fully saturated rings. The van der Waals surface area contributed by atoms with E-state index in [1.165, 1.54) is 0 Å². The highest BCUT2D eigenvalue weighted by molar-refractivity contribution is 7.89. The van der Waals surface area contributed by atoms with Crippen LogP contribution in [0.25, 0.3) is 0 Å². The Morgan fingerprint density at radius 1 is 1.23 bits per heavy atom. The summed E-state index contributed by atoms with van der Waals surface area (Å²) in [5, 5.41) is 3.20. The van der Waals surface area contributed by atoms with E-state index in [0.29, 0.717) is 36.4 Å². The van der Waals surface area contributed by atoms with E-state index in [-0.39, 0.29) is 12.4 Å². The molecule has 5 nitrogen and oxygen atoms in total. The fourth-order valence-corrected chi connectivity index (χ4v) is 3.93. The Morgan fingerprint density at radius 3 is 2.32 bits per heavy atom. The molecule has 1 aliphatic rings. The molecule has 0 aromatic heterocycles. The summed E-state index contributed by atoms with van der Waals surface area (Å²) in [7, 11) is -1.46. The second-order valence-corrected chi connectivity index (χ2v) is 7.22. The van der Waals surface area contributed by atoms with Crippen LogP contribution in [0.3, 0.4) is 0 Å². The lowest BCUT2D eigenvalue weighted by atomic mass is 10.1. The van der Waals surface area contributed by atoms with E-state index in [1.54, 1.807) is 28.6 Å². The standard InChI is InChI=1S/C15H24N2O3S.ClH/c1-3-12-20-14-4-6-15(7-5-14)21(18,19)17-10-8-13(16-2)9-11-17;/h4-7,13,16H,3,8-12H2,1-2H3;1H. The summed E-state index contributed by atoms with van der Waals surface area (Å²) in [5.41, 5.74) is 0. The molecule has 1 aliphatic heterocycles. The quantitative estimate of drug-likeness (QED) is 0.856. The molecule has 7 heteroatoms. The number of piperidine rings is 1. The summed E-state index contributed by atoms with van der Waals surface area (Å²) < 4.78 is 32.2. The van der Waals surface area contributed by atoms with Gasteiger partial charge in [0.1, 0.15) is 5.75 Å². The van der Waals surface area contributed by atoms with Gasteiger partial charge in [0.15, 0.2) is 0 Å².